The van der Waals surface area contributed by atoms with Gasteiger partial charge in [0.1, 0.15) is 5.82 Å². The fraction of sp³-hybridized carbons (Fsp3) is 0.667. The summed E-state index contributed by atoms with van der Waals surface area (Å²) < 4.78 is 69.4. The Morgan fingerprint density at radius 1 is 1.94 bits per heavy atom. The lowest BCUT2D eigenvalue weighted by Gasteiger charge is -2.13. The van der Waals surface area contributed by atoms with E-state index in [1.54, 1.807) is 0 Å². The van der Waals surface area contributed by atoms with E-state index in [0.717, 1.165) is 0 Å². The molecule has 0 unspecified atom stereocenters. The largest absolute Gasteiger partial charge is 0.465 e. The van der Waals surface area contributed by atoms with Gasteiger partial charge in [0.05, 0.1) is 13.9 Å². The highest BCUT2D eigenvalue weighted by Crippen LogP contribution is 2.28. The molecule has 1 aromatic rings. The highest BCUT2D eigenvalue weighted by molar-refractivity contribution is 5.74. The minimum atomic E-state index is -2.83. The van der Waals surface area contributed by atoms with Crippen molar-refractivity contribution in [3.63, 3.8) is 0 Å². The number of esters is 1. The summed E-state index contributed by atoms with van der Waals surface area (Å²) in [7, 11) is 0. The molecule has 2 rings (SSSR count). The Hall–Kier alpha value is -1.32. The fourth-order valence-electron chi connectivity index (χ4n) is 1.53. The summed E-state index contributed by atoms with van der Waals surface area (Å²) in [5.41, 5.74) is -0.654. The summed E-state index contributed by atoms with van der Waals surface area (Å²) in [6, 6.07) is 0. The van der Waals surface area contributed by atoms with Crippen LogP contribution in [0.4, 0.5) is 0 Å². The van der Waals surface area contributed by atoms with Crippen molar-refractivity contribution in [3.05, 3.63) is 17.7 Å². The minimum Gasteiger partial charge on any atom is -0.465 e. The van der Waals surface area contributed by atoms with Gasteiger partial charge in [-0.1, -0.05) is 6.92 Å². The van der Waals surface area contributed by atoms with Gasteiger partial charge in [0, 0.05) is 34.3 Å². The van der Waals surface area contributed by atoms with Gasteiger partial charge in [-0.2, -0.15) is 0 Å². The quantitative estimate of drug-likeness (QED) is 0.739. The van der Waals surface area contributed by atoms with Gasteiger partial charge in [0.25, 0.3) is 0 Å². The number of ether oxygens (including phenoxy) is 1. The molecule has 0 amide bonds. The molecule has 0 aliphatic carbocycles. The van der Waals surface area contributed by atoms with Gasteiger partial charge in [-0.3, -0.25) is 4.79 Å². The monoisotopic (exact) mass is 230 g/mol. The average molecular weight is 230 g/mol. The van der Waals surface area contributed by atoms with Crippen LogP contribution in [0.3, 0.4) is 0 Å². The number of aromatic nitrogens is 2. The summed E-state index contributed by atoms with van der Waals surface area (Å²) in [4.78, 5) is 15.6. The van der Waals surface area contributed by atoms with E-state index in [9.17, 15) is 4.79 Å². The molecule has 0 saturated carbocycles. The number of cyclic esters (lactones) is 1. The Balaban J connectivity index is 2.75. The number of rotatable bonds is 3. The topological polar surface area (TPSA) is 44.1 Å². The number of imidazole rings is 1. The molecule has 0 spiro atoms. The van der Waals surface area contributed by atoms with Crippen molar-refractivity contribution in [2.24, 2.45) is 18.8 Å². The average Bonchev–Trinajstić information content (AvgIpc) is 2.88. The molecule has 1 aromatic heterocycles. The molecule has 0 aromatic carbocycles. The summed E-state index contributed by atoms with van der Waals surface area (Å²) in [5, 5.41) is 0. The molecular formula is C12H18N2O2. The zero-order valence-corrected chi connectivity index (χ0v) is 9.13. The first kappa shape index (κ1) is 4.90. The molecule has 1 saturated heterocycles. The van der Waals surface area contributed by atoms with E-state index in [2.05, 4.69) is 4.98 Å². The predicted octanol–water partition coefficient (Wildman–Crippen LogP) is 1.47. The highest BCUT2D eigenvalue weighted by atomic mass is 16.5. The van der Waals surface area contributed by atoms with E-state index in [1.807, 2.05) is 0 Å². The maximum absolute atomic E-state index is 11.9. The van der Waals surface area contributed by atoms with Crippen LogP contribution in [0.2, 0.25) is 0 Å². The molecule has 1 fully saturated rings. The van der Waals surface area contributed by atoms with E-state index in [-0.39, 0.29) is 12.2 Å². The minimum absolute atomic E-state index is 0.111. The number of carbonyl (C=O) groups excluding carboxylic acids is 1. The van der Waals surface area contributed by atoms with Crippen LogP contribution in [0.25, 0.3) is 0 Å². The molecule has 2 atom stereocenters. The lowest BCUT2D eigenvalue weighted by Crippen LogP contribution is -2.18. The third kappa shape index (κ3) is 1.84. The van der Waals surface area contributed by atoms with E-state index >= 15 is 0 Å². The lowest BCUT2D eigenvalue weighted by atomic mass is 9.89. The smallest absolute Gasteiger partial charge is 0.309 e. The van der Waals surface area contributed by atoms with E-state index in [0.29, 0.717) is 4.57 Å². The molecule has 1 aliphatic rings. The Bertz CT molecular complexity index is 685. The van der Waals surface area contributed by atoms with E-state index in [1.165, 1.54) is 13.8 Å². The Morgan fingerprint density at radius 3 is 3.44 bits per heavy atom. The molecule has 4 heteroatoms. The van der Waals surface area contributed by atoms with Gasteiger partial charge in [0.2, 0.25) is 0 Å². The number of hydrogen-bond acceptors (Lipinski definition) is 3. The molecule has 0 bridgehead atoms. The molecule has 0 radical (unpaired) electrons. The van der Waals surface area contributed by atoms with Crippen molar-refractivity contribution in [1.82, 2.24) is 9.55 Å². The first-order chi connectivity index (χ1) is 10.7. The lowest BCUT2D eigenvalue weighted by molar-refractivity contribution is -0.141. The number of nitrogens with zero attached hydrogens (tertiary/aromatic N) is 2. The maximum atomic E-state index is 11.9. The second-order valence-electron chi connectivity index (χ2n) is 3.47. The molecule has 1 aliphatic heterocycles. The second-order valence-corrected chi connectivity index (χ2v) is 3.47. The number of carbonyl (C=O) groups is 1. The van der Waals surface area contributed by atoms with Crippen LogP contribution in [-0.4, -0.2) is 22.1 Å². The summed E-state index contributed by atoms with van der Waals surface area (Å²) >= 11 is 0. The Labute approximate surface area is 107 Å². The molecule has 2 heterocycles. The number of aryl methyl sites for hydroxylation is 1. The normalized spacial score (nSPS) is 43.0. The van der Waals surface area contributed by atoms with Gasteiger partial charge in [-0.05, 0) is 19.7 Å². The van der Waals surface area contributed by atoms with Crippen molar-refractivity contribution in [3.8, 4) is 0 Å². The maximum Gasteiger partial charge on any atom is 0.309 e. The third-order valence-corrected chi connectivity index (χ3v) is 2.45. The molecule has 16 heavy (non-hydrogen) atoms. The van der Waals surface area contributed by atoms with Gasteiger partial charge in [-0.15, -0.1) is 0 Å². The van der Waals surface area contributed by atoms with E-state index < -0.39 is 49.6 Å². The summed E-state index contributed by atoms with van der Waals surface area (Å²) in [6.45, 7) is -0.770. The number of hydrogen-bond donors (Lipinski definition) is 0. The SMILES string of the molecule is [2H]c1nc(C)n(C([2H])([2H])[2H])c1C([2H])([2H])[C@@]1([2H])COC(=O)[C@@]1([2H])CC. The predicted molar refractivity (Wildman–Crippen MR) is 59.9 cm³/mol. The fourth-order valence-corrected chi connectivity index (χ4v) is 1.53. The van der Waals surface area contributed by atoms with Gasteiger partial charge < -0.3 is 9.30 Å². The summed E-state index contributed by atoms with van der Waals surface area (Å²) in [5.74, 6) is -5.79. The Morgan fingerprint density at radius 2 is 2.75 bits per heavy atom. The van der Waals surface area contributed by atoms with Gasteiger partial charge >= 0.3 is 5.97 Å². The van der Waals surface area contributed by atoms with Crippen LogP contribution >= 0.6 is 0 Å². The van der Waals surface area contributed by atoms with Crippen molar-refractivity contribution in [2.75, 3.05) is 6.61 Å². The van der Waals surface area contributed by atoms with Crippen molar-refractivity contribution < 1.29 is 20.5 Å². The zero-order chi connectivity index (χ0) is 18.7. The van der Waals surface area contributed by atoms with Gasteiger partial charge in [0.15, 0.2) is 0 Å². The Kier molecular flexibility index (Phi) is 1.31. The van der Waals surface area contributed by atoms with Crippen molar-refractivity contribution in [2.45, 2.75) is 26.6 Å². The molecule has 0 N–H and O–H groups in total. The van der Waals surface area contributed by atoms with Crippen molar-refractivity contribution in [1.29, 1.82) is 0 Å². The molecule has 88 valence electrons. The van der Waals surface area contributed by atoms with E-state index in [4.69, 9.17) is 15.7 Å². The van der Waals surface area contributed by atoms with Crippen LogP contribution in [0, 0.1) is 18.7 Å². The van der Waals surface area contributed by atoms with Crippen LogP contribution in [0.1, 0.15) is 35.8 Å². The van der Waals surface area contributed by atoms with Crippen LogP contribution in [0.5, 0.6) is 0 Å². The summed E-state index contributed by atoms with van der Waals surface area (Å²) in [6.07, 6.45) is -3.66. The first-order valence-corrected chi connectivity index (χ1v) is 4.98. The molecule has 4 nitrogen and oxygen atoms in total. The standard InChI is InChI=1S/C12H18N2O2/c1-4-11-9(7-16-12(11)15)5-10-6-13-8(2)14(10)3/h6,9,11H,4-5,7H2,1-3H3/t9-,11-/m0/s1/i3D3,5D2,6D,9D,11D. The third-order valence-electron chi connectivity index (χ3n) is 2.45. The first-order valence-electron chi connectivity index (χ1n) is 8.98. The van der Waals surface area contributed by atoms with Crippen LogP contribution in [0.15, 0.2) is 6.17 Å². The van der Waals surface area contributed by atoms with Crippen molar-refractivity contribution >= 4 is 5.97 Å². The van der Waals surface area contributed by atoms with Crippen LogP contribution < -0.4 is 0 Å². The second kappa shape index (κ2) is 4.28. The molecular weight excluding hydrogens is 204 g/mol. The zero-order valence-electron chi connectivity index (χ0n) is 17.1. The van der Waals surface area contributed by atoms with Crippen LogP contribution in [-0.2, 0) is 22.9 Å². The van der Waals surface area contributed by atoms with Gasteiger partial charge in [-0.25, -0.2) is 4.98 Å². The highest BCUT2D eigenvalue weighted by Gasteiger charge is 2.35.